The van der Waals surface area contributed by atoms with E-state index in [0.29, 0.717) is 17.6 Å². The zero-order valence-corrected chi connectivity index (χ0v) is 12.2. The molecule has 17 heavy (non-hydrogen) atoms. The first kappa shape index (κ1) is 15.0. The quantitative estimate of drug-likeness (QED) is 0.764. The van der Waals surface area contributed by atoms with Crippen LogP contribution in [0, 0.1) is 5.41 Å². The SMILES string of the molecule is CCCNC(CCC(C)(C)C)C1CCCCO1. The zero-order valence-electron chi connectivity index (χ0n) is 12.2. The predicted molar refractivity (Wildman–Crippen MR) is 74.4 cm³/mol. The normalized spacial score (nSPS) is 23.6. The van der Waals surface area contributed by atoms with Crippen molar-refractivity contribution in [1.29, 1.82) is 0 Å². The Morgan fingerprint density at radius 2 is 2.06 bits per heavy atom. The number of rotatable bonds is 6. The van der Waals surface area contributed by atoms with Crippen LogP contribution in [0.3, 0.4) is 0 Å². The van der Waals surface area contributed by atoms with Crippen molar-refractivity contribution in [2.24, 2.45) is 5.41 Å². The zero-order chi connectivity index (χ0) is 12.7. The van der Waals surface area contributed by atoms with E-state index in [1.807, 2.05) is 0 Å². The fourth-order valence-corrected chi connectivity index (χ4v) is 2.42. The van der Waals surface area contributed by atoms with Gasteiger partial charge in [0.2, 0.25) is 0 Å². The Balaban J connectivity index is 2.40. The molecular formula is C15H31NO. The molecule has 2 heteroatoms. The Kier molecular flexibility index (Phi) is 6.50. The third-order valence-electron chi connectivity index (χ3n) is 3.53. The highest BCUT2D eigenvalue weighted by atomic mass is 16.5. The van der Waals surface area contributed by atoms with Crippen LogP contribution in [0.2, 0.25) is 0 Å². The molecule has 0 radical (unpaired) electrons. The molecule has 2 nitrogen and oxygen atoms in total. The van der Waals surface area contributed by atoms with Gasteiger partial charge in [-0.05, 0) is 50.5 Å². The lowest BCUT2D eigenvalue weighted by Crippen LogP contribution is -2.43. The molecule has 1 fully saturated rings. The molecule has 0 aliphatic carbocycles. The molecule has 0 aromatic rings. The van der Waals surface area contributed by atoms with E-state index in [9.17, 15) is 0 Å². The molecular weight excluding hydrogens is 210 g/mol. The molecule has 1 saturated heterocycles. The first-order valence-corrected chi connectivity index (χ1v) is 7.38. The maximum atomic E-state index is 5.94. The Labute approximate surface area is 108 Å². The van der Waals surface area contributed by atoms with Crippen molar-refractivity contribution in [3.63, 3.8) is 0 Å². The Hall–Kier alpha value is -0.0800. The second-order valence-electron chi connectivity index (χ2n) is 6.56. The maximum Gasteiger partial charge on any atom is 0.0728 e. The summed E-state index contributed by atoms with van der Waals surface area (Å²) in [6.45, 7) is 11.3. The van der Waals surface area contributed by atoms with Crippen molar-refractivity contribution >= 4 is 0 Å². The van der Waals surface area contributed by atoms with Crippen molar-refractivity contribution in [2.75, 3.05) is 13.2 Å². The van der Waals surface area contributed by atoms with Gasteiger partial charge in [-0.2, -0.15) is 0 Å². The summed E-state index contributed by atoms with van der Waals surface area (Å²) in [5.74, 6) is 0. The van der Waals surface area contributed by atoms with Gasteiger partial charge in [-0.25, -0.2) is 0 Å². The van der Waals surface area contributed by atoms with E-state index < -0.39 is 0 Å². The van der Waals surface area contributed by atoms with Gasteiger partial charge in [-0.1, -0.05) is 27.7 Å². The summed E-state index contributed by atoms with van der Waals surface area (Å²) >= 11 is 0. The van der Waals surface area contributed by atoms with Crippen LogP contribution < -0.4 is 5.32 Å². The highest BCUT2D eigenvalue weighted by Crippen LogP contribution is 2.25. The van der Waals surface area contributed by atoms with E-state index >= 15 is 0 Å². The lowest BCUT2D eigenvalue weighted by atomic mass is 9.86. The smallest absolute Gasteiger partial charge is 0.0728 e. The maximum absolute atomic E-state index is 5.94. The molecule has 0 bridgehead atoms. The number of nitrogens with one attached hydrogen (secondary N) is 1. The van der Waals surface area contributed by atoms with Crippen LogP contribution in [0.1, 0.15) is 66.2 Å². The Morgan fingerprint density at radius 3 is 2.59 bits per heavy atom. The fourth-order valence-electron chi connectivity index (χ4n) is 2.42. The molecule has 1 aliphatic heterocycles. The third-order valence-corrected chi connectivity index (χ3v) is 3.53. The van der Waals surface area contributed by atoms with E-state index in [0.717, 1.165) is 13.2 Å². The van der Waals surface area contributed by atoms with Crippen LogP contribution in [0.4, 0.5) is 0 Å². The second kappa shape index (κ2) is 7.38. The molecule has 0 spiro atoms. The van der Waals surface area contributed by atoms with E-state index in [1.54, 1.807) is 0 Å². The van der Waals surface area contributed by atoms with E-state index in [4.69, 9.17) is 4.74 Å². The van der Waals surface area contributed by atoms with Crippen molar-refractivity contribution in [3.8, 4) is 0 Å². The number of hydrogen-bond acceptors (Lipinski definition) is 2. The Bertz CT molecular complexity index is 192. The molecule has 1 rings (SSSR count). The molecule has 1 heterocycles. The van der Waals surface area contributed by atoms with Crippen molar-refractivity contribution in [2.45, 2.75) is 78.4 Å². The van der Waals surface area contributed by atoms with Gasteiger partial charge in [0, 0.05) is 12.6 Å². The van der Waals surface area contributed by atoms with E-state index in [2.05, 4.69) is 33.0 Å². The van der Waals surface area contributed by atoms with Crippen LogP contribution in [-0.2, 0) is 4.74 Å². The van der Waals surface area contributed by atoms with Gasteiger partial charge < -0.3 is 10.1 Å². The van der Waals surface area contributed by atoms with Gasteiger partial charge in [-0.15, -0.1) is 0 Å². The van der Waals surface area contributed by atoms with Crippen molar-refractivity contribution < 1.29 is 4.74 Å². The molecule has 2 atom stereocenters. The molecule has 0 aromatic carbocycles. The minimum absolute atomic E-state index is 0.431. The van der Waals surface area contributed by atoms with E-state index in [1.165, 1.54) is 38.5 Å². The van der Waals surface area contributed by atoms with Crippen LogP contribution in [-0.4, -0.2) is 25.3 Å². The molecule has 102 valence electrons. The molecule has 1 aliphatic rings. The van der Waals surface area contributed by atoms with Crippen LogP contribution in [0.25, 0.3) is 0 Å². The molecule has 1 N–H and O–H groups in total. The third kappa shape index (κ3) is 6.42. The highest BCUT2D eigenvalue weighted by Gasteiger charge is 2.25. The van der Waals surface area contributed by atoms with Gasteiger partial charge >= 0.3 is 0 Å². The minimum atomic E-state index is 0.431. The number of ether oxygens (including phenoxy) is 1. The molecule has 0 aromatic heterocycles. The van der Waals surface area contributed by atoms with Gasteiger partial charge in [0.1, 0.15) is 0 Å². The van der Waals surface area contributed by atoms with E-state index in [-0.39, 0.29) is 0 Å². The molecule has 2 unspecified atom stereocenters. The number of hydrogen-bond donors (Lipinski definition) is 1. The summed E-state index contributed by atoms with van der Waals surface area (Å²) < 4.78 is 5.94. The fraction of sp³-hybridized carbons (Fsp3) is 1.00. The van der Waals surface area contributed by atoms with Crippen LogP contribution in [0.15, 0.2) is 0 Å². The average molecular weight is 241 g/mol. The summed E-state index contributed by atoms with van der Waals surface area (Å²) in [6, 6.07) is 0.564. The van der Waals surface area contributed by atoms with Gasteiger partial charge in [0.05, 0.1) is 6.10 Å². The molecule has 0 saturated carbocycles. The lowest BCUT2D eigenvalue weighted by molar-refractivity contribution is -0.0112. The summed E-state index contributed by atoms with van der Waals surface area (Å²) in [5.41, 5.74) is 0.431. The Morgan fingerprint density at radius 1 is 1.29 bits per heavy atom. The average Bonchev–Trinajstić information content (AvgIpc) is 2.29. The van der Waals surface area contributed by atoms with Crippen LogP contribution in [0.5, 0.6) is 0 Å². The summed E-state index contributed by atoms with van der Waals surface area (Å²) in [7, 11) is 0. The van der Waals surface area contributed by atoms with Crippen LogP contribution >= 0.6 is 0 Å². The van der Waals surface area contributed by atoms with Crippen molar-refractivity contribution in [3.05, 3.63) is 0 Å². The largest absolute Gasteiger partial charge is 0.377 e. The summed E-state index contributed by atoms with van der Waals surface area (Å²) in [6.07, 6.45) is 8.01. The minimum Gasteiger partial charge on any atom is -0.377 e. The summed E-state index contributed by atoms with van der Waals surface area (Å²) in [4.78, 5) is 0. The highest BCUT2D eigenvalue weighted by molar-refractivity contribution is 4.81. The van der Waals surface area contributed by atoms with Gasteiger partial charge in [0.15, 0.2) is 0 Å². The topological polar surface area (TPSA) is 21.3 Å². The lowest BCUT2D eigenvalue weighted by Gasteiger charge is -2.33. The second-order valence-corrected chi connectivity index (χ2v) is 6.56. The molecule has 0 amide bonds. The monoisotopic (exact) mass is 241 g/mol. The standard InChI is InChI=1S/C15H31NO/c1-5-11-16-13(9-10-15(2,3)4)14-8-6-7-12-17-14/h13-14,16H,5-12H2,1-4H3. The van der Waals surface area contributed by atoms with Gasteiger partial charge in [0.25, 0.3) is 0 Å². The predicted octanol–water partition coefficient (Wildman–Crippen LogP) is 3.75. The summed E-state index contributed by atoms with van der Waals surface area (Å²) in [5, 5.41) is 3.69. The first-order chi connectivity index (χ1) is 8.03. The van der Waals surface area contributed by atoms with Gasteiger partial charge in [-0.3, -0.25) is 0 Å². The van der Waals surface area contributed by atoms with Crippen molar-refractivity contribution in [1.82, 2.24) is 5.32 Å². The first-order valence-electron chi connectivity index (χ1n) is 7.38.